The largest absolute Gasteiger partial charge is 0.454 e. The number of carbonyl (C=O) groups excluding carboxylic acids is 1. The molecule has 1 heterocycles. The summed E-state index contributed by atoms with van der Waals surface area (Å²) in [7, 11) is 0. The first kappa shape index (κ1) is 11.0. The second-order valence-corrected chi connectivity index (χ2v) is 4.06. The molecule has 1 aliphatic heterocycles. The van der Waals surface area contributed by atoms with E-state index in [1.165, 1.54) is 5.56 Å². The van der Waals surface area contributed by atoms with Crippen molar-refractivity contribution in [2.75, 3.05) is 6.79 Å². The number of carbonyl (C=O) groups is 1. The van der Waals surface area contributed by atoms with Crippen LogP contribution in [0.2, 0.25) is 0 Å². The van der Waals surface area contributed by atoms with Gasteiger partial charge in [-0.25, -0.2) is 0 Å². The lowest BCUT2D eigenvalue weighted by Crippen LogP contribution is -1.98. The number of hydrogen-bond donors (Lipinski definition) is 0. The van der Waals surface area contributed by atoms with Gasteiger partial charge in [0.2, 0.25) is 6.79 Å². The van der Waals surface area contributed by atoms with Gasteiger partial charge < -0.3 is 9.47 Å². The number of rotatable bonds is 4. The van der Waals surface area contributed by atoms with Crippen LogP contribution in [0.15, 0.2) is 18.2 Å². The van der Waals surface area contributed by atoms with Crippen molar-refractivity contribution in [2.24, 2.45) is 0 Å². The zero-order valence-corrected chi connectivity index (χ0v) is 9.53. The highest BCUT2D eigenvalue weighted by molar-refractivity contribution is 5.84. The maximum atomic E-state index is 10.9. The topological polar surface area (TPSA) is 35.5 Å². The quantitative estimate of drug-likeness (QED) is 0.781. The van der Waals surface area contributed by atoms with Crippen LogP contribution in [0, 0.1) is 6.42 Å². The van der Waals surface area contributed by atoms with Gasteiger partial charge in [-0.15, -0.1) is 0 Å². The number of ether oxygens (including phenoxy) is 2. The van der Waals surface area contributed by atoms with Crippen molar-refractivity contribution in [1.82, 2.24) is 0 Å². The minimum Gasteiger partial charge on any atom is -0.454 e. The van der Waals surface area contributed by atoms with E-state index in [4.69, 9.17) is 9.47 Å². The molecule has 0 amide bonds. The van der Waals surface area contributed by atoms with Crippen LogP contribution in [0.5, 0.6) is 11.5 Å². The summed E-state index contributed by atoms with van der Waals surface area (Å²) >= 11 is 0. The van der Waals surface area contributed by atoms with Crippen LogP contribution < -0.4 is 9.47 Å². The molecule has 3 nitrogen and oxygen atoms in total. The lowest BCUT2D eigenvalue weighted by atomic mass is 9.95. The van der Waals surface area contributed by atoms with Gasteiger partial charge in [-0.1, -0.05) is 13.0 Å². The smallest absolute Gasteiger partial charge is 0.231 e. The minimum atomic E-state index is 0.118. The van der Waals surface area contributed by atoms with E-state index in [2.05, 4.69) is 6.92 Å². The maximum Gasteiger partial charge on any atom is 0.231 e. The predicted octanol–water partition coefficient (Wildman–Crippen LogP) is 2.70. The number of Topliss-reactive ketones (excluding diaryl/α,β-unsaturated/α-hetero) is 1. The molecule has 1 unspecified atom stereocenters. The van der Waals surface area contributed by atoms with Gasteiger partial charge in [0.1, 0.15) is 5.78 Å². The van der Waals surface area contributed by atoms with Gasteiger partial charge in [-0.05, 0) is 37.0 Å². The Bertz CT molecular complexity index is 398. The van der Waals surface area contributed by atoms with Gasteiger partial charge in [-0.2, -0.15) is 0 Å². The fourth-order valence-corrected chi connectivity index (χ4v) is 1.70. The predicted molar refractivity (Wildman–Crippen MR) is 60.6 cm³/mol. The van der Waals surface area contributed by atoms with E-state index in [1.807, 2.05) is 18.2 Å². The number of hydrogen-bond acceptors (Lipinski definition) is 3. The zero-order valence-electron chi connectivity index (χ0n) is 9.53. The lowest BCUT2D eigenvalue weighted by Gasteiger charge is -2.11. The standard InChI is InChI=1S/C13H15O3/c1-9(3-4-10(2)14)11-5-6-12-13(7-11)16-8-15-12/h4-7,9H,3,8H2,1-2H3. The second-order valence-electron chi connectivity index (χ2n) is 4.06. The molecule has 0 bridgehead atoms. The third-order valence-corrected chi connectivity index (χ3v) is 2.72. The minimum absolute atomic E-state index is 0.118. The van der Waals surface area contributed by atoms with Gasteiger partial charge in [-0.3, -0.25) is 4.79 Å². The average molecular weight is 219 g/mol. The Morgan fingerprint density at radius 1 is 1.44 bits per heavy atom. The summed E-state index contributed by atoms with van der Waals surface area (Å²) < 4.78 is 10.6. The summed E-state index contributed by atoms with van der Waals surface area (Å²) in [6.45, 7) is 3.97. The van der Waals surface area contributed by atoms with E-state index >= 15 is 0 Å². The Morgan fingerprint density at radius 2 is 2.19 bits per heavy atom. The molecule has 3 heteroatoms. The van der Waals surface area contributed by atoms with Gasteiger partial charge in [0.15, 0.2) is 11.5 Å². The molecular weight excluding hydrogens is 204 g/mol. The second kappa shape index (κ2) is 4.56. The number of ketones is 1. The Kier molecular flexibility index (Phi) is 3.13. The molecule has 1 radical (unpaired) electrons. The van der Waals surface area contributed by atoms with Crippen molar-refractivity contribution in [3.8, 4) is 11.5 Å². The summed E-state index contributed by atoms with van der Waals surface area (Å²) in [6, 6.07) is 5.93. The molecule has 2 rings (SSSR count). The fourth-order valence-electron chi connectivity index (χ4n) is 1.70. The first-order chi connectivity index (χ1) is 7.66. The highest BCUT2D eigenvalue weighted by Gasteiger charge is 2.15. The summed E-state index contributed by atoms with van der Waals surface area (Å²) in [5.74, 6) is 2.03. The van der Waals surface area contributed by atoms with Crippen molar-refractivity contribution in [2.45, 2.75) is 26.2 Å². The number of benzene rings is 1. The molecule has 0 aliphatic carbocycles. The summed E-state index contributed by atoms with van der Waals surface area (Å²) in [5, 5.41) is 0. The van der Waals surface area contributed by atoms with Crippen LogP contribution >= 0.6 is 0 Å². The van der Waals surface area contributed by atoms with Crippen LogP contribution in [0.25, 0.3) is 0 Å². The molecule has 0 spiro atoms. The van der Waals surface area contributed by atoms with Crippen molar-refractivity contribution < 1.29 is 14.3 Å². The molecule has 1 aromatic carbocycles. The maximum absolute atomic E-state index is 10.9. The van der Waals surface area contributed by atoms with Gasteiger partial charge in [0.05, 0.1) is 0 Å². The van der Waals surface area contributed by atoms with E-state index < -0.39 is 0 Å². The van der Waals surface area contributed by atoms with Crippen LogP contribution in [0.1, 0.15) is 31.7 Å². The monoisotopic (exact) mass is 219 g/mol. The summed E-state index contributed by atoms with van der Waals surface area (Å²) in [5.41, 5.74) is 1.17. The normalized spacial score (nSPS) is 14.9. The van der Waals surface area contributed by atoms with Gasteiger partial charge >= 0.3 is 0 Å². The number of fused-ring (bicyclic) bond motifs is 1. The molecule has 0 aromatic heterocycles. The molecule has 0 N–H and O–H groups in total. The average Bonchev–Trinajstić information content (AvgIpc) is 2.72. The van der Waals surface area contributed by atoms with Crippen LogP contribution in [0.3, 0.4) is 0 Å². The first-order valence-electron chi connectivity index (χ1n) is 5.40. The van der Waals surface area contributed by atoms with E-state index in [1.54, 1.807) is 13.3 Å². The fraction of sp³-hybridized carbons (Fsp3) is 0.385. The molecule has 0 saturated carbocycles. The molecule has 1 aromatic rings. The van der Waals surface area contributed by atoms with Crippen molar-refractivity contribution in [3.05, 3.63) is 30.2 Å². The molecule has 1 aliphatic rings. The summed E-state index contributed by atoms with van der Waals surface area (Å²) in [4.78, 5) is 10.9. The SMILES string of the molecule is CC(=O)[CH]CC(C)c1ccc2c(c1)OCO2. The first-order valence-corrected chi connectivity index (χ1v) is 5.40. The van der Waals surface area contributed by atoms with Gasteiger partial charge in [0.25, 0.3) is 0 Å². The Labute approximate surface area is 95.4 Å². The molecule has 1 atom stereocenters. The van der Waals surface area contributed by atoms with E-state index in [-0.39, 0.29) is 5.78 Å². The molecular formula is C13H15O3. The van der Waals surface area contributed by atoms with Crippen molar-refractivity contribution in [3.63, 3.8) is 0 Å². The van der Waals surface area contributed by atoms with E-state index in [0.29, 0.717) is 12.7 Å². The van der Waals surface area contributed by atoms with Crippen LogP contribution in [-0.4, -0.2) is 12.6 Å². The van der Waals surface area contributed by atoms with Crippen molar-refractivity contribution in [1.29, 1.82) is 0 Å². The van der Waals surface area contributed by atoms with Crippen molar-refractivity contribution >= 4 is 5.78 Å². The zero-order chi connectivity index (χ0) is 11.5. The van der Waals surface area contributed by atoms with Crippen LogP contribution in [0.4, 0.5) is 0 Å². The third kappa shape index (κ3) is 2.35. The molecule has 16 heavy (non-hydrogen) atoms. The van der Waals surface area contributed by atoms with Gasteiger partial charge in [0, 0.05) is 6.42 Å². The van der Waals surface area contributed by atoms with E-state index in [9.17, 15) is 4.79 Å². The van der Waals surface area contributed by atoms with E-state index in [0.717, 1.165) is 17.9 Å². The molecule has 85 valence electrons. The molecule has 0 saturated heterocycles. The Hall–Kier alpha value is -1.51. The highest BCUT2D eigenvalue weighted by atomic mass is 16.7. The Balaban J connectivity index is 2.06. The summed E-state index contributed by atoms with van der Waals surface area (Å²) in [6.07, 6.45) is 2.48. The van der Waals surface area contributed by atoms with Crippen LogP contribution in [-0.2, 0) is 4.79 Å². The lowest BCUT2D eigenvalue weighted by molar-refractivity contribution is -0.114. The Morgan fingerprint density at radius 3 is 2.94 bits per heavy atom. The highest BCUT2D eigenvalue weighted by Crippen LogP contribution is 2.35. The molecule has 0 fully saturated rings. The third-order valence-electron chi connectivity index (χ3n) is 2.72.